The van der Waals surface area contributed by atoms with E-state index in [2.05, 4.69) is 11.2 Å². The zero-order chi connectivity index (χ0) is 8.93. The first kappa shape index (κ1) is 14.8. The number of allylic oxidation sites excluding steroid dienone is 3. The van der Waals surface area contributed by atoms with Gasteiger partial charge in [0.05, 0.1) is 0 Å². The van der Waals surface area contributed by atoms with Crippen molar-refractivity contribution in [3.63, 3.8) is 0 Å². The third kappa shape index (κ3) is 4.45. The van der Waals surface area contributed by atoms with Crippen molar-refractivity contribution in [1.29, 1.82) is 0 Å². The van der Waals surface area contributed by atoms with Crippen LogP contribution in [0.5, 0.6) is 0 Å². The average molecular weight is 223 g/mol. The van der Waals surface area contributed by atoms with Gasteiger partial charge in [0.25, 0.3) is 0 Å². The Balaban J connectivity index is 0.000000980. The van der Waals surface area contributed by atoms with Crippen molar-refractivity contribution < 1.29 is 51.4 Å². The number of hydrazone groups is 1. The molecule has 1 aliphatic rings. The van der Waals surface area contributed by atoms with E-state index in [0.717, 1.165) is 5.69 Å². The van der Waals surface area contributed by atoms with Crippen LogP contribution in [0, 0.1) is 13.5 Å². The van der Waals surface area contributed by atoms with Crippen molar-refractivity contribution in [2.45, 2.75) is 0 Å². The summed E-state index contributed by atoms with van der Waals surface area (Å²) in [5.74, 6) is 0. The van der Waals surface area contributed by atoms with Gasteiger partial charge in [0.15, 0.2) is 0 Å². The van der Waals surface area contributed by atoms with Crippen LogP contribution in [0.25, 0.3) is 0 Å². The molecule has 3 heteroatoms. The third-order valence-corrected chi connectivity index (χ3v) is 1.69. The number of hydrogen-bond acceptors (Lipinski definition) is 2. The summed E-state index contributed by atoms with van der Waals surface area (Å²) in [7, 11) is 0. The topological polar surface area (TPSA) is 15.6 Å². The van der Waals surface area contributed by atoms with Gasteiger partial charge in [-0.3, -0.25) is 5.01 Å². The largest absolute Gasteiger partial charge is 1.00 e. The first-order valence-electron chi connectivity index (χ1n) is 4.09. The number of hydrogen-bond donors (Lipinski definition) is 0. The van der Waals surface area contributed by atoms with Crippen molar-refractivity contribution >= 4 is 11.9 Å². The predicted molar refractivity (Wildman–Crippen MR) is 60.9 cm³/mol. The number of nitrogens with zero attached hydrogens (tertiary/aromatic N) is 2. The Hall–Kier alpha value is -0.194. The van der Waals surface area contributed by atoms with E-state index < -0.39 is 0 Å². The maximum absolute atomic E-state index is 4.21. The third-order valence-electron chi connectivity index (χ3n) is 1.69. The standard InChI is InChI=1S/C11H9N2.CH3.K/c1-3-7-11(8-4-1)13-10-6-2-5-9-12-13;;/h2-10H;1H3;/q2*-1;+1. The van der Waals surface area contributed by atoms with Gasteiger partial charge in [-0.25, -0.2) is 0 Å². The Kier molecular flexibility index (Phi) is 7.91. The van der Waals surface area contributed by atoms with Crippen LogP contribution in [0.15, 0.2) is 53.8 Å². The Morgan fingerprint density at radius 3 is 2.53 bits per heavy atom. The first-order valence-corrected chi connectivity index (χ1v) is 4.09. The van der Waals surface area contributed by atoms with E-state index in [0.29, 0.717) is 0 Å². The van der Waals surface area contributed by atoms with E-state index in [-0.39, 0.29) is 58.8 Å². The Morgan fingerprint density at radius 2 is 1.80 bits per heavy atom. The molecule has 72 valence electrons. The van der Waals surface area contributed by atoms with Crippen LogP contribution in [0.2, 0.25) is 0 Å². The van der Waals surface area contributed by atoms with Crippen molar-refractivity contribution in [3.8, 4) is 0 Å². The van der Waals surface area contributed by atoms with Gasteiger partial charge in [0.2, 0.25) is 0 Å². The fourth-order valence-electron chi connectivity index (χ4n) is 1.08. The molecule has 0 aliphatic carbocycles. The maximum atomic E-state index is 4.21. The summed E-state index contributed by atoms with van der Waals surface area (Å²) in [5, 5.41) is 6.03. The van der Waals surface area contributed by atoms with Gasteiger partial charge in [-0.05, 0) is 17.8 Å². The summed E-state index contributed by atoms with van der Waals surface area (Å²) in [6, 6.07) is 10.6. The van der Waals surface area contributed by atoms with Crippen LogP contribution in [0.1, 0.15) is 0 Å². The molecule has 15 heavy (non-hydrogen) atoms. The van der Waals surface area contributed by atoms with Gasteiger partial charge in [0.1, 0.15) is 0 Å². The van der Waals surface area contributed by atoms with Crippen LogP contribution in [0.3, 0.4) is 0 Å². The second-order valence-corrected chi connectivity index (χ2v) is 2.59. The minimum atomic E-state index is 0. The molecule has 0 aromatic heterocycles. The molecule has 0 fully saturated rings. The quantitative estimate of drug-likeness (QED) is 0.476. The van der Waals surface area contributed by atoms with E-state index in [9.17, 15) is 0 Å². The average Bonchev–Trinajstić information content (AvgIpc) is 2.47. The molecule has 0 amide bonds. The molecule has 2 nitrogen and oxygen atoms in total. The van der Waals surface area contributed by atoms with Crippen LogP contribution >= 0.6 is 0 Å². The molecule has 0 saturated heterocycles. The van der Waals surface area contributed by atoms with E-state index in [1.54, 1.807) is 6.21 Å². The normalized spacial score (nSPS) is 12.7. The smallest absolute Gasteiger partial charge is 0.358 e. The molecule has 0 N–H and O–H groups in total. The van der Waals surface area contributed by atoms with Gasteiger partial charge in [-0.1, -0.05) is 6.08 Å². The molecule has 1 heterocycles. The minimum absolute atomic E-state index is 0. The summed E-state index contributed by atoms with van der Waals surface area (Å²) in [4.78, 5) is 0. The number of anilines is 1. The Morgan fingerprint density at radius 1 is 1.07 bits per heavy atom. The molecule has 2 rings (SSSR count). The van der Waals surface area contributed by atoms with Crippen molar-refractivity contribution in [3.05, 3.63) is 62.2 Å². The monoisotopic (exact) mass is 223 g/mol. The number of rotatable bonds is 1. The molecule has 0 bridgehead atoms. The van der Waals surface area contributed by atoms with Gasteiger partial charge < -0.3 is 7.43 Å². The minimum Gasteiger partial charge on any atom is -0.358 e. The van der Waals surface area contributed by atoms with Crippen LogP contribution in [0.4, 0.5) is 5.69 Å². The molecule has 0 spiro atoms. The van der Waals surface area contributed by atoms with Gasteiger partial charge >= 0.3 is 51.4 Å². The zero-order valence-corrected chi connectivity index (χ0v) is 12.2. The summed E-state index contributed by atoms with van der Waals surface area (Å²) in [6.45, 7) is 0. The van der Waals surface area contributed by atoms with E-state index in [4.69, 9.17) is 0 Å². The Labute approximate surface area is 134 Å². The molecule has 1 aromatic rings. The molecule has 0 unspecified atom stereocenters. The van der Waals surface area contributed by atoms with E-state index in [1.807, 2.05) is 53.7 Å². The molecule has 1 aromatic carbocycles. The van der Waals surface area contributed by atoms with Gasteiger partial charge in [-0.2, -0.15) is 23.3 Å². The second kappa shape index (κ2) is 8.02. The second-order valence-electron chi connectivity index (χ2n) is 2.59. The summed E-state index contributed by atoms with van der Waals surface area (Å²) >= 11 is 0. The SMILES string of the molecule is [CH3-].[K+].[c-]1ccc(N2C=CC=CC=N2)cc1. The molecular weight excluding hydrogens is 211 g/mol. The van der Waals surface area contributed by atoms with Crippen molar-refractivity contribution in [2.24, 2.45) is 5.10 Å². The zero-order valence-electron chi connectivity index (χ0n) is 9.09. The summed E-state index contributed by atoms with van der Waals surface area (Å²) in [5.41, 5.74) is 1.04. The summed E-state index contributed by atoms with van der Waals surface area (Å²) < 4.78 is 0. The molecule has 0 saturated carbocycles. The Bertz CT molecular complexity index is 339. The maximum Gasteiger partial charge on any atom is 1.00 e. The van der Waals surface area contributed by atoms with E-state index >= 15 is 0 Å². The van der Waals surface area contributed by atoms with Gasteiger partial charge in [0, 0.05) is 12.4 Å². The van der Waals surface area contributed by atoms with E-state index in [1.165, 1.54) is 0 Å². The fourth-order valence-corrected chi connectivity index (χ4v) is 1.08. The van der Waals surface area contributed by atoms with Crippen LogP contribution in [-0.4, -0.2) is 6.21 Å². The van der Waals surface area contributed by atoms with Crippen molar-refractivity contribution in [2.75, 3.05) is 5.01 Å². The number of benzene rings is 1. The molecular formula is C12H12KN2-. The van der Waals surface area contributed by atoms with Crippen molar-refractivity contribution in [1.82, 2.24) is 0 Å². The van der Waals surface area contributed by atoms with Crippen LogP contribution in [-0.2, 0) is 0 Å². The molecule has 1 aliphatic heterocycles. The predicted octanol–water partition coefficient (Wildman–Crippen LogP) is -0.183. The first-order chi connectivity index (χ1) is 6.47. The summed E-state index contributed by atoms with van der Waals surface area (Å²) in [6.07, 6.45) is 9.46. The van der Waals surface area contributed by atoms with Gasteiger partial charge in [-0.15, -0.1) is 12.1 Å². The fraction of sp³-hybridized carbons (Fsp3) is 0. The molecule has 0 radical (unpaired) electrons. The molecule has 0 atom stereocenters. The van der Waals surface area contributed by atoms with Crippen LogP contribution < -0.4 is 56.4 Å².